The predicted molar refractivity (Wildman–Crippen MR) is 105 cm³/mol. The number of nitrogens with zero attached hydrogens (tertiary/aromatic N) is 1. The van der Waals surface area contributed by atoms with Gasteiger partial charge in [0.15, 0.2) is 11.5 Å². The third kappa shape index (κ3) is 4.72. The van der Waals surface area contributed by atoms with Gasteiger partial charge in [0.25, 0.3) is 10.0 Å². The van der Waals surface area contributed by atoms with Crippen LogP contribution in [0.2, 0.25) is 0 Å². The molecular formula is C20H20N2O5S. The maximum Gasteiger partial charge on any atom is 0.262 e. The van der Waals surface area contributed by atoms with Gasteiger partial charge >= 0.3 is 0 Å². The molecule has 0 atom stereocenters. The van der Waals surface area contributed by atoms with Gasteiger partial charge in [0.05, 0.1) is 30.5 Å². The van der Waals surface area contributed by atoms with Gasteiger partial charge in [-0.25, -0.2) is 8.42 Å². The van der Waals surface area contributed by atoms with Gasteiger partial charge in [0.2, 0.25) is 0 Å². The van der Waals surface area contributed by atoms with E-state index in [0.29, 0.717) is 22.9 Å². The van der Waals surface area contributed by atoms with Crippen LogP contribution in [0.3, 0.4) is 0 Å². The summed E-state index contributed by atoms with van der Waals surface area (Å²) in [4.78, 5) is 4.25. The number of benzene rings is 2. The van der Waals surface area contributed by atoms with Gasteiger partial charge < -0.3 is 14.2 Å². The van der Waals surface area contributed by atoms with E-state index in [9.17, 15) is 8.42 Å². The number of methoxy groups -OCH3 is 2. The number of sulfonamides is 1. The number of rotatable bonds is 8. The standard InChI is InChI=1S/C20H20N2O5S/c1-25-19-10-9-18(13-20(19)26-2)28(23,24)22-15-7-5-8-17(12-15)27-14-16-6-3-4-11-21-16/h3-13,22H,14H2,1-2H3. The molecule has 0 unspecified atom stereocenters. The Labute approximate surface area is 164 Å². The molecule has 0 radical (unpaired) electrons. The molecule has 146 valence electrons. The first-order chi connectivity index (χ1) is 13.5. The molecule has 0 aliphatic rings. The second-order valence-electron chi connectivity index (χ2n) is 5.76. The Morgan fingerprint density at radius 3 is 2.46 bits per heavy atom. The highest BCUT2D eigenvalue weighted by Gasteiger charge is 2.17. The Bertz CT molecular complexity index is 1040. The smallest absolute Gasteiger partial charge is 0.262 e. The molecule has 3 rings (SSSR count). The lowest BCUT2D eigenvalue weighted by molar-refractivity contribution is 0.301. The van der Waals surface area contributed by atoms with Crippen LogP contribution in [0.15, 0.2) is 71.8 Å². The number of ether oxygens (including phenoxy) is 3. The summed E-state index contributed by atoms with van der Waals surface area (Å²) in [5.41, 5.74) is 1.16. The first kappa shape index (κ1) is 19.5. The molecule has 1 N–H and O–H groups in total. The summed E-state index contributed by atoms with van der Waals surface area (Å²) in [6.45, 7) is 0.284. The molecule has 0 saturated carbocycles. The van der Waals surface area contributed by atoms with Crippen LogP contribution in [0.4, 0.5) is 5.69 Å². The average Bonchev–Trinajstić information content (AvgIpc) is 2.72. The highest BCUT2D eigenvalue weighted by molar-refractivity contribution is 7.92. The van der Waals surface area contributed by atoms with E-state index < -0.39 is 10.0 Å². The Kier molecular flexibility index (Phi) is 6.00. The molecular weight excluding hydrogens is 380 g/mol. The SMILES string of the molecule is COc1ccc(S(=O)(=O)Nc2cccc(OCc3ccccn3)c2)cc1OC. The lowest BCUT2D eigenvalue weighted by Gasteiger charge is -2.12. The van der Waals surface area contributed by atoms with E-state index in [0.717, 1.165) is 5.69 Å². The topological polar surface area (TPSA) is 86.8 Å². The van der Waals surface area contributed by atoms with Crippen LogP contribution in [-0.4, -0.2) is 27.6 Å². The van der Waals surface area contributed by atoms with Crippen molar-refractivity contribution in [1.29, 1.82) is 0 Å². The number of anilines is 1. The fourth-order valence-corrected chi connectivity index (χ4v) is 3.55. The van der Waals surface area contributed by atoms with Crippen molar-refractivity contribution >= 4 is 15.7 Å². The van der Waals surface area contributed by atoms with E-state index in [1.165, 1.54) is 26.4 Å². The lowest BCUT2D eigenvalue weighted by atomic mass is 10.3. The van der Waals surface area contributed by atoms with Gasteiger partial charge in [-0.1, -0.05) is 12.1 Å². The van der Waals surface area contributed by atoms with Crippen molar-refractivity contribution in [2.45, 2.75) is 11.5 Å². The second kappa shape index (κ2) is 8.62. The molecule has 28 heavy (non-hydrogen) atoms. The van der Waals surface area contributed by atoms with Crippen molar-refractivity contribution in [3.05, 3.63) is 72.6 Å². The van der Waals surface area contributed by atoms with Crippen LogP contribution in [0.5, 0.6) is 17.2 Å². The Hall–Kier alpha value is -3.26. The highest BCUT2D eigenvalue weighted by atomic mass is 32.2. The molecule has 7 nitrogen and oxygen atoms in total. The van der Waals surface area contributed by atoms with E-state index >= 15 is 0 Å². The van der Waals surface area contributed by atoms with Crippen LogP contribution >= 0.6 is 0 Å². The fraction of sp³-hybridized carbons (Fsp3) is 0.150. The minimum atomic E-state index is -3.81. The Balaban J connectivity index is 1.75. The van der Waals surface area contributed by atoms with Crippen LogP contribution in [0, 0.1) is 0 Å². The summed E-state index contributed by atoms with van der Waals surface area (Å²) >= 11 is 0. The molecule has 8 heteroatoms. The largest absolute Gasteiger partial charge is 0.493 e. The van der Waals surface area contributed by atoms with Crippen molar-refractivity contribution in [3.8, 4) is 17.2 Å². The molecule has 3 aromatic rings. The van der Waals surface area contributed by atoms with Crippen molar-refractivity contribution in [2.24, 2.45) is 0 Å². The van der Waals surface area contributed by atoms with E-state index in [2.05, 4.69) is 9.71 Å². The monoisotopic (exact) mass is 400 g/mol. The second-order valence-corrected chi connectivity index (χ2v) is 7.44. The van der Waals surface area contributed by atoms with Gasteiger partial charge in [-0.2, -0.15) is 0 Å². The van der Waals surface area contributed by atoms with E-state index in [1.54, 1.807) is 36.5 Å². The van der Waals surface area contributed by atoms with Crippen molar-refractivity contribution < 1.29 is 22.6 Å². The van der Waals surface area contributed by atoms with Crippen LogP contribution in [0.1, 0.15) is 5.69 Å². The van der Waals surface area contributed by atoms with Crippen LogP contribution < -0.4 is 18.9 Å². The van der Waals surface area contributed by atoms with E-state index in [4.69, 9.17) is 14.2 Å². The summed E-state index contributed by atoms with van der Waals surface area (Å²) in [5.74, 6) is 1.31. The van der Waals surface area contributed by atoms with Gasteiger partial charge in [0.1, 0.15) is 12.4 Å². The maximum atomic E-state index is 12.7. The molecule has 0 amide bonds. The summed E-state index contributed by atoms with van der Waals surface area (Å²) in [6, 6.07) is 16.7. The first-order valence-electron chi connectivity index (χ1n) is 8.39. The number of hydrogen-bond donors (Lipinski definition) is 1. The number of hydrogen-bond acceptors (Lipinski definition) is 6. The zero-order valence-electron chi connectivity index (χ0n) is 15.5. The Morgan fingerprint density at radius 1 is 0.929 bits per heavy atom. The zero-order valence-corrected chi connectivity index (χ0v) is 16.3. The molecule has 0 aliphatic heterocycles. The minimum Gasteiger partial charge on any atom is -0.493 e. The first-order valence-corrected chi connectivity index (χ1v) is 9.88. The fourth-order valence-electron chi connectivity index (χ4n) is 2.49. The van der Waals surface area contributed by atoms with Gasteiger partial charge in [-0.15, -0.1) is 0 Å². The quantitative estimate of drug-likeness (QED) is 0.623. The van der Waals surface area contributed by atoms with Crippen molar-refractivity contribution in [3.63, 3.8) is 0 Å². The Morgan fingerprint density at radius 2 is 1.75 bits per heavy atom. The van der Waals surface area contributed by atoms with E-state index in [1.807, 2.05) is 18.2 Å². The van der Waals surface area contributed by atoms with Crippen molar-refractivity contribution in [1.82, 2.24) is 4.98 Å². The molecule has 0 spiro atoms. The number of aromatic nitrogens is 1. The molecule has 0 fully saturated rings. The predicted octanol–water partition coefficient (Wildman–Crippen LogP) is 3.48. The zero-order chi connectivity index (χ0) is 20.0. The third-order valence-corrected chi connectivity index (χ3v) is 5.24. The number of pyridine rings is 1. The van der Waals surface area contributed by atoms with Gasteiger partial charge in [-0.05, 0) is 36.4 Å². The highest BCUT2D eigenvalue weighted by Crippen LogP contribution is 2.30. The molecule has 1 aromatic heterocycles. The van der Waals surface area contributed by atoms with Crippen LogP contribution in [-0.2, 0) is 16.6 Å². The molecule has 0 saturated heterocycles. The molecule has 0 aliphatic carbocycles. The normalized spacial score (nSPS) is 10.9. The van der Waals surface area contributed by atoms with Gasteiger partial charge in [0, 0.05) is 18.3 Å². The molecule has 0 bridgehead atoms. The molecule has 2 aromatic carbocycles. The van der Waals surface area contributed by atoms with Gasteiger partial charge in [-0.3, -0.25) is 9.71 Å². The molecule has 1 heterocycles. The lowest BCUT2D eigenvalue weighted by Crippen LogP contribution is -2.13. The summed E-state index contributed by atoms with van der Waals surface area (Å²) < 4.78 is 43.9. The number of nitrogens with one attached hydrogen (secondary N) is 1. The maximum absolute atomic E-state index is 12.7. The summed E-state index contributed by atoms with van der Waals surface area (Å²) in [6.07, 6.45) is 1.69. The van der Waals surface area contributed by atoms with Crippen LogP contribution in [0.25, 0.3) is 0 Å². The van der Waals surface area contributed by atoms with Crippen molar-refractivity contribution in [2.75, 3.05) is 18.9 Å². The summed E-state index contributed by atoms with van der Waals surface area (Å²) in [7, 11) is -0.873. The average molecular weight is 400 g/mol. The summed E-state index contributed by atoms with van der Waals surface area (Å²) in [5, 5.41) is 0. The minimum absolute atomic E-state index is 0.0601. The third-order valence-electron chi connectivity index (χ3n) is 3.86. The van der Waals surface area contributed by atoms with E-state index in [-0.39, 0.29) is 11.5 Å².